The van der Waals surface area contributed by atoms with Crippen molar-refractivity contribution in [2.45, 2.75) is 27.1 Å². The fourth-order valence-corrected chi connectivity index (χ4v) is 3.18. The van der Waals surface area contributed by atoms with Crippen molar-refractivity contribution in [2.24, 2.45) is 0 Å². The highest BCUT2D eigenvalue weighted by molar-refractivity contribution is 6.31. The molecule has 0 spiro atoms. The summed E-state index contributed by atoms with van der Waals surface area (Å²) in [5.74, 6) is -0.805. The molecule has 9 nitrogen and oxygen atoms in total. The van der Waals surface area contributed by atoms with Crippen LogP contribution < -0.4 is 5.32 Å². The number of amides is 1. The summed E-state index contributed by atoms with van der Waals surface area (Å²) < 4.78 is 18.7. The minimum absolute atomic E-state index is 0.0838. The Kier molecular flexibility index (Phi) is 5.32. The van der Waals surface area contributed by atoms with E-state index in [1.165, 1.54) is 23.1 Å². The number of anilines is 1. The summed E-state index contributed by atoms with van der Waals surface area (Å²) >= 11 is 6.03. The number of hydrogen-bond donors (Lipinski definition) is 1. The van der Waals surface area contributed by atoms with Crippen LogP contribution in [-0.2, 0) is 13.2 Å². The van der Waals surface area contributed by atoms with E-state index >= 15 is 0 Å². The molecule has 30 heavy (non-hydrogen) atoms. The molecule has 154 valence electrons. The van der Waals surface area contributed by atoms with Crippen LogP contribution in [0.15, 0.2) is 42.9 Å². The quantitative estimate of drug-likeness (QED) is 0.509. The van der Waals surface area contributed by atoms with Gasteiger partial charge in [0.25, 0.3) is 5.91 Å². The summed E-state index contributed by atoms with van der Waals surface area (Å²) in [6, 6.07) is 8.01. The summed E-state index contributed by atoms with van der Waals surface area (Å²) in [6.45, 7) is 4.35. The molecule has 0 saturated heterocycles. The van der Waals surface area contributed by atoms with Crippen molar-refractivity contribution in [3.05, 3.63) is 76.3 Å². The smallest absolute Gasteiger partial charge is 0.278 e. The molecule has 0 saturated carbocycles. The first-order chi connectivity index (χ1) is 14.4. The van der Waals surface area contributed by atoms with Crippen LogP contribution >= 0.6 is 11.6 Å². The second-order valence-corrected chi connectivity index (χ2v) is 7.14. The molecule has 0 aliphatic carbocycles. The van der Waals surface area contributed by atoms with Gasteiger partial charge in [0.05, 0.1) is 12.2 Å². The number of benzene rings is 1. The van der Waals surface area contributed by atoms with Gasteiger partial charge in [0.2, 0.25) is 5.95 Å². The van der Waals surface area contributed by atoms with Crippen molar-refractivity contribution in [1.82, 2.24) is 34.3 Å². The van der Waals surface area contributed by atoms with Crippen molar-refractivity contribution in [2.75, 3.05) is 5.32 Å². The Balaban J connectivity index is 1.41. The molecular weight excluding hydrogens is 411 g/mol. The zero-order valence-electron chi connectivity index (χ0n) is 16.3. The number of carbonyl (C=O) groups excluding carboxylic acids is 1. The van der Waals surface area contributed by atoms with Crippen molar-refractivity contribution < 1.29 is 9.18 Å². The number of aromatic nitrogens is 7. The molecule has 0 aliphatic heterocycles. The highest BCUT2D eigenvalue weighted by Crippen LogP contribution is 2.19. The number of rotatable bonds is 6. The second-order valence-electron chi connectivity index (χ2n) is 6.73. The average molecular weight is 429 g/mol. The molecule has 1 amide bonds. The molecule has 0 unspecified atom stereocenters. The van der Waals surface area contributed by atoms with E-state index in [9.17, 15) is 9.18 Å². The predicted octanol–water partition coefficient (Wildman–Crippen LogP) is 2.89. The third kappa shape index (κ3) is 4.23. The number of carbonyl (C=O) groups is 1. The maximum absolute atomic E-state index is 13.9. The SMILES string of the molecule is Cc1cc(C)n(Cn2ccc(C(=O)Nc3ncn(Cc4c(F)cccc4Cl)n3)n2)n1. The lowest BCUT2D eigenvalue weighted by Gasteiger charge is -2.05. The van der Waals surface area contributed by atoms with Crippen molar-refractivity contribution in [3.8, 4) is 0 Å². The summed E-state index contributed by atoms with van der Waals surface area (Å²) in [5.41, 5.74) is 2.42. The van der Waals surface area contributed by atoms with Gasteiger partial charge in [0, 0.05) is 22.5 Å². The van der Waals surface area contributed by atoms with Gasteiger partial charge >= 0.3 is 0 Å². The molecule has 4 aromatic rings. The lowest BCUT2D eigenvalue weighted by molar-refractivity contribution is 0.102. The number of nitrogens with one attached hydrogen (secondary N) is 1. The molecule has 0 radical (unpaired) electrons. The third-order valence-electron chi connectivity index (χ3n) is 4.40. The first kappa shape index (κ1) is 19.8. The Morgan fingerprint density at radius 2 is 2.00 bits per heavy atom. The summed E-state index contributed by atoms with van der Waals surface area (Å²) in [5, 5.41) is 15.7. The van der Waals surface area contributed by atoms with E-state index in [0.29, 0.717) is 17.3 Å². The van der Waals surface area contributed by atoms with Gasteiger partial charge in [-0.25, -0.2) is 18.7 Å². The van der Waals surface area contributed by atoms with Crippen LogP contribution in [-0.4, -0.2) is 40.2 Å². The third-order valence-corrected chi connectivity index (χ3v) is 4.75. The summed E-state index contributed by atoms with van der Waals surface area (Å²) in [6.07, 6.45) is 3.08. The van der Waals surface area contributed by atoms with Gasteiger partial charge < -0.3 is 0 Å². The Bertz CT molecular complexity index is 1190. The lowest BCUT2D eigenvalue weighted by atomic mass is 10.2. The monoisotopic (exact) mass is 428 g/mol. The van der Waals surface area contributed by atoms with Gasteiger partial charge in [-0.1, -0.05) is 17.7 Å². The highest BCUT2D eigenvalue weighted by Gasteiger charge is 2.14. The van der Waals surface area contributed by atoms with Crippen molar-refractivity contribution in [1.29, 1.82) is 0 Å². The Labute approximate surface area is 176 Å². The van der Waals surface area contributed by atoms with Crippen LogP contribution in [0.2, 0.25) is 5.02 Å². The standard InChI is InChI=1S/C19H18ClFN8O/c1-12-8-13(2)29(24-12)11-27-7-6-17(25-27)18(30)23-19-22-10-28(26-19)9-14-15(20)4-3-5-16(14)21/h3-8,10H,9,11H2,1-2H3,(H,23,26,30). The van der Waals surface area contributed by atoms with Crippen LogP contribution in [0.3, 0.4) is 0 Å². The Morgan fingerprint density at radius 1 is 1.17 bits per heavy atom. The largest absolute Gasteiger partial charge is 0.288 e. The van der Waals surface area contributed by atoms with Crippen molar-refractivity contribution in [3.63, 3.8) is 0 Å². The fourth-order valence-electron chi connectivity index (χ4n) is 2.96. The second kappa shape index (κ2) is 8.07. The molecule has 3 aromatic heterocycles. The normalized spacial score (nSPS) is 11.1. The minimum Gasteiger partial charge on any atom is -0.288 e. The molecule has 0 aliphatic rings. The van der Waals surface area contributed by atoms with Crippen molar-refractivity contribution >= 4 is 23.5 Å². The first-order valence-corrected chi connectivity index (χ1v) is 9.45. The van der Waals surface area contributed by atoms with E-state index in [1.807, 2.05) is 19.9 Å². The maximum atomic E-state index is 13.9. The van der Waals surface area contributed by atoms with Gasteiger partial charge in [-0.3, -0.25) is 14.8 Å². The van der Waals surface area contributed by atoms with Gasteiger partial charge in [0.15, 0.2) is 5.69 Å². The lowest BCUT2D eigenvalue weighted by Crippen LogP contribution is -2.16. The van der Waals surface area contributed by atoms with Crippen LogP contribution in [0.4, 0.5) is 10.3 Å². The molecule has 1 aromatic carbocycles. The van der Waals surface area contributed by atoms with E-state index in [-0.39, 0.29) is 18.2 Å². The van der Waals surface area contributed by atoms with E-state index < -0.39 is 11.7 Å². The molecule has 0 bridgehead atoms. The molecule has 0 atom stereocenters. The number of nitrogens with zero attached hydrogens (tertiary/aromatic N) is 7. The van der Waals surface area contributed by atoms with Gasteiger partial charge in [0.1, 0.15) is 18.8 Å². The van der Waals surface area contributed by atoms with E-state index in [2.05, 4.69) is 25.6 Å². The molecule has 0 fully saturated rings. The zero-order chi connectivity index (χ0) is 21.3. The fraction of sp³-hybridized carbons (Fsp3) is 0.211. The predicted molar refractivity (Wildman–Crippen MR) is 108 cm³/mol. The number of hydrogen-bond acceptors (Lipinski definition) is 5. The Hall–Kier alpha value is -3.53. The minimum atomic E-state index is -0.455. The maximum Gasteiger partial charge on any atom is 0.278 e. The van der Waals surface area contributed by atoms with E-state index in [4.69, 9.17) is 11.6 Å². The molecule has 3 heterocycles. The molecule has 1 N–H and O–H groups in total. The van der Waals surface area contributed by atoms with Crippen LogP contribution in [0.5, 0.6) is 0 Å². The van der Waals surface area contributed by atoms with E-state index in [1.54, 1.807) is 27.7 Å². The number of aryl methyl sites for hydroxylation is 2. The Morgan fingerprint density at radius 3 is 2.73 bits per heavy atom. The molecule has 4 rings (SSSR count). The zero-order valence-corrected chi connectivity index (χ0v) is 17.0. The topological polar surface area (TPSA) is 95.5 Å². The summed E-state index contributed by atoms with van der Waals surface area (Å²) in [7, 11) is 0. The van der Waals surface area contributed by atoms with Crippen LogP contribution in [0.1, 0.15) is 27.4 Å². The van der Waals surface area contributed by atoms with Gasteiger partial charge in [-0.15, -0.1) is 5.10 Å². The van der Waals surface area contributed by atoms with Gasteiger partial charge in [-0.05, 0) is 38.1 Å². The first-order valence-electron chi connectivity index (χ1n) is 9.07. The summed E-state index contributed by atoms with van der Waals surface area (Å²) in [4.78, 5) is 16.5. The van der Waals surface area contributed by atoms with Gasteiger partial charge in [-0.2, -0.15) is 10.2 Å². The van der Waals surface area contributed by atoms with Crippen LogP contribution in [0.25, 0.3) is 0 Å². The van der Waals surface area contributed by atoms with Crippen LogP contribution in [0, 0.1) is 19.7 Å². The van der Waals surface area contributed by atoms with E-state index in [0.717, 1.165) is 11.4 Å². The number of halogens is 2. The molecule has 11 heteroatoms. The average Bonchev–Trinajstić information content (AvgIpc) is 3.40. The highest BCUT2D eigenvalue weighted by atomic mass is 35.5. The molecular formula is C19H18ClFN8O.